The fourth-order valence-electron chi connectivity index (χ4n) is 2.74. The van der Waals surface area contributed by atoms with E-state index >= 15 is 0 Å². The second-order valence-electron chi connectivity index (χ2n) is 5.91. The summed E-state index contributed by atoms with van der Waals surface area (Å²) in [5.41, 5.74) is 7.75. The SMILES string of the molecule is CCC(N)CCCN1C(=O)C(C)(C)c2ccccc21. The van der Waals surface area contributed by atoms with Crippen molar-refractivity contribution in [2.24, 2.45) is 5.73 Å². The number of carbonyl (C=O) groups is 1. The lowest BCUT2D eigenvalue weighted by molar-refractivity contribution is -0.122. The molecular weight excluding hydrogens is 236 g/mol. The normalized spacial score (nSPS) is 18.5. The third-order valence-corrected chi connectivity index (χ3v) is 4.13. The summed E-state index contributed by atoms with van der Waals surface area (Å²) in [5, 5.41) is 0. The van der Waals surface area contributed by atoms with Crippen molar-refractivity contribution >= 4 is 11.6 Å². The largest absolute Gasteiger partial charge is 0.328 e. The fraction of sp³-hybridized carbons (Fsp3) is 0.562. The quantitative estimate of drug-likeness (QED) is 0.885. The molecule has 2 rings (SSSR count). The molecule has 1 amide bonds. The molecule has 0 fully saturated rings. The Hall–Kier alpha value is -1.35. The molecule has 1 aromatic carbocycles. The zero-order valence-electron chi connectivity index (χ0n) is 12.1. The average Bonchev–Trinajstić information content (AvgIpc) is 2.60. The Morgan fingerprint density at radius 1 is 1.32 bits per heavy atom. The highest BCUT2D eigenvalue weighted by molar-refractivity contribution is 6.07. The molecule has 0 aromatic heterocycles. The van der Waals surface area contributed by atoms with Gasteiger partial charge >= 0.3 is 0 Å². The monoisotopic (exact) mass is 260 g/mol. The standard InChI is InChI=1S/C16H24N2O/c1-4-12(17)8-7-11-18-14-10-6-5-9-13(14)16(2,3)15(18)19/h5-6,9-10,12H,4,7-8,11,17H2,1-3H3. The van der Waals surface area contributed by atoms with Gasteiger partial charge in [-0.05, 0) is 44.7 Å². The molecule has 1 unspecified atom stereocenters. The minimum atomic E-state index is -0.399. The Balaban J connectivity index is 2.12. The summed E-state index contributed by atoms with van der Waals surface area (Å²) in [7, 11) is 0. The van der Waals surface area contributed by atoms with E-state index in [1.54, 1.807) is 0 Å². The van der Waals surface area contributed by atoms with E-state index in [2.05, 4.69) is 13.0 Å². The van der Waals surface area contributed by atoms with E-state index in [0.29, 0.717) is 0 Å². The molecule has 1 aliphatic rings. The van der Waals surface area contributed by atoms with Gasteiger partial charge in [0.1, 0.15) is 0 Å². The lowest BCUT2D eigenvalue weighted by atomic mass is 9.86. The Bertz CT molecular complexity index is 468. The second-order valence-corrected chi connectivity index (χ2v) is 5.91. The first kappa shape index (κ1) is 14.1. The van der Waals surface area contributed by atoms with Crippen LogP contribution in [0.3, 0.4) is 0 Å². The summed E-state index contributed by atoms with van der Waals surface area (Å²) >= 11 is 0. The van der Waals surface area contributed by atoms with E-state index in [0.717, 1.165) is 37.1 Å². The Morgan fingerprint density at radius 2 is 2.00 bits per heavy atom. The number of rotatable bonds is 5. The van der Waals surface area contributed by atoms with Crippen molar-refractivity contribution in [2.45, 2.75) is 51.5 Å². The van der Waals surface area contributed by atoms with Gasteiger partial charge in [-0.15, -0.1) is 0 Å². The third kappa shape index (κ3) is 2.52. The van der Waals surface area contributed by atoms with Crippen molar-refractivity contribution in [3.05, 3.63) is 29.8 Å². The minimum Gasteiger partial charge on any atom is -0.328 e. The number of fused-ring (bicyclic) bond motifs is 1. The van der Waals surface area contributed by atoms with Gasteiger partial charge in [-0.3, -0.25) is 4.79 Å². The number of nitrogens with zero attached hydrogens (tertiary/aromatic N) is 1. The molecule has 19 heavy (non-hydrogen) atoms. The topological polar surface area (TPSA) is 46.3 Å². The molecule has 1 atom stereocenters. The molecule has 1 aliphatic heterocycles. The van der Waals surface area contributed by atoms with E-state index in [9.17, 15) is 4.79 Å². The highest BCUT2D eigenvalue weighted by Crippen LogP contribution is 2.41. The van der Waals surface area contributed by atoms with Gasteiger partial charge < -0.3 is 10.6 Å². The number of para-hydroxylation sites is 1. The molecule has 0 bridgehead atoms. The maximum Gasteiger partial charge on any atom is 0.237 e. The van der Waals surface area contributed by atoms with Crippen LogP contribution in [0.4, 0.5) is 5.69 Å². The number of hydrogen-bond acceptors (Lipinski definition) is 2. The van der Waals surface area contributed by atoms with Crippen LogP contribution in [0.15, 0.2) is 24.3 Å². The molecule has 3 nitrogen and oxygen atoms in total. The number of nitrogens with two attached hydrogens (primary N) is 1. The highest BCUT2D eigenvalue weighted by Gasteiger charge is 2.43. The predicted octanol–water partition coefficient (Wildman–Crippen LogP) is 2.83. The van der Waals surface area contributed by atoms with Crippen molar-refractivity contribution in [3.63, 3.8) is 0 Å². The van der Waals surface area contributed by atoms with Crippen molar-refractivity contribution in [1.82, 2.24) is 0 Å². The molecule has 1 heterocycles. The van der Waals surface area contributed by atoms with Gasteiger partial charge in [0.25, 0.3) is 0 Å². The van der Waals surface area contributed by atoms with Crippen molar-refractivity contribution in [3.8, 4) is 0 Å². The first-order valence-corrected chi connectivity index (χ1v) is 7.15. The lowest BCUT2D eigenvalue weighted by Crippen LogP contribution is -2.37. The Kier molecular flexibility index (Phi) is 3.95. The van der Waals surface area contributed by atoms with Gasteiger partial charge in [0.2, 0.25) is 5.91 Å². The third-order valence-electron chi connectivity index (χ3n) is 4.13. The molecule has 0 saturated carbocycles. The molecule has 0 spiro atoms. The van der Waals surface area contributed by atoms with E-state index in [4.69, 9.17) is 5.73 Å². The first-order chi connectivity index (χ1) is 8.98. The molecular formula is C16H24N2O. The van der Waals surface area contributed by atoms with Crippen molar-refractivity contribution in [1.29, 1.82) is 0 Å². The maximum absolute atomic E-state index is 12.5. The van der Waals surface area contributed by atoms with Gasteiger partial charge in [0.05, 0.1) is 5.41 Å². The van der Waals surface area contributed by atoms with Crippen LogP contribution in [0.1, 0.15) is 45.6 Å². The summed E-state index contributed by atoms with van der Waals surface area (Å²) in [6.45, 7) is 6.88. The molecule has 0 radical (unpaired) electrons. The zero-order chi connectivity index (χ0) is 14.0. The molecule has 104 valence electrons. The van der Waals surface area contributed by atoms with E-state index in [1.807, 2.05) is 36.9 Å². The van der Waals surface area contributed by atoms with Crippen molar-refractivity contribution in [2.75, 3.05) is 11.4 Å². The van der Waals surface area contributed by atoms with Gasteiger partial charge in [-0.1, -0.05) is 25.1 Å². The van der Waals surface area contributed by atoms with Crippen LogP contribution in [0.5, 0.6) is 0 Å². The first-order valence-electron chi connectivity index (χ1n) is 7.15. The van der Waals surface area contributed by atoms with Gasteiger partial charge in [0.15, 0.2) is 0 Å². The van der Waals surface area contributed by atoms with Crippen LogP contribution >= 0.6 is 0 Å². The number of anilines is 1. The fourth-order valence-corrected chi connectivity index (χ4v) is 2.74. The molecule has 1 aromatic rings. The number of hydrogen-bond donors (Lipinski definition) is 1. The van der Waals surface area contributed by atoms with Gasteiger partial charge in [-0.25, -0.2) is 0 Å². The summed E-state index contributed by atoms with van der Waals surface area (Å²) in [6.07, 6.45) is 2.93. The zero-order valence-corrected chi connectivity index (χ0v) is 12.1. The average molecular weight is 260 g/mol. The van der Waals surface area contributed by atoms with Crippen LogP contribution in [0.25, 0.3) is 0 Å². The number of amides is 1. The highest BCUT2D eigenvalue weighted by atomic mass is 16.2. The Labute approximate surface area is 115 Å². The summed E-state index contributed by atoms with van der Waals surface area (Å²) in [4.78, 5) is 14.5. The minimum absolute atomic E-state index is 0.207. The summed E-state index contributed by atoms with van der Waals surface area (Å²) in [6, 6.07) is 8.36. The predicted molar refractivity (Wildman–Crippen MR) is 79.3 cm³/mol. The Morgan fingerprint density at radius 3 is 2.68 bits per heavy atom. The second kappa shape index (κ2) is 5.33. The van der Waals surface area contributed by atoms with Gasteiger partial charge in [0, 0.05) is 18.3 Å². The number of carbonyl (C=O) groups excluding carboxylic acids is 1. The number of benzene rings is 1. The van der Waals surface area contributed by atoms with Crippen LogP contribution in [0, 0.1) is 0 Å². The molecule has 3 heteroatoms. The molecule has 0 aliphatic carbocycles. The van der Waals surface area contributed by atoms with E-state index in [-0.39, 0.29) is 11.9 Å². The van der Waals surface area contributed by atoms with Crippen molar-refractivity contribution < 1.29 is 4.79 Å². The maximum atomic E-state index is 12.5. The summed E-state index contributed by atoms with van der Waals surface area (Å²) in [5.74, 6) is 0.207. The van der Waals surface area contributed by atoms with Crippen LogP contribution in [-0.4, -0.2) is 18.5 Å². The van der Waals surface area contributed by atoms with Crippen LogP contribution in [-0.2, 0) is 10.2 Å². The van der Waals surface area contributed by atoms with Gasteiger partial charge in [-0.2, -0.15) is 0 Å². The van der Waals surface area contributed by atoms with Crippen LogP contribution < -0.4 is 10.6 Å². The van der Waals surface area contributed by atoms with E-state index in [1.165, 1.54) is 0 Å². The molecule has 0 saturated heterocycles. The smallest absolute Gasteiger partial charge is 0.237 e. The summed E-state index contributed by atoms with van der Waals surface area (Å²) < 4.78 is 0. The lowest BCUT2D eigenvalue weighted by Gasteiger charge is -2.21. The van der Waals surface area contributed by atoms with E-state index < -0.39 is 5.41 Å². The molecule has 2 N–H and O–H groups in total. The van der Waals surface area contributed by atoms with Crippen LogP contribution in [0.2, 0.25) is 0 Å².